The Hall–Kier alpha value is -2.91. The molecule has 1 unspecified atom stereocenters. The molecule has 6 heteroatoms. The number of hydrogen-bond acceptors (Lipinski definition) is 4. The highest BCUT2D eigenvalue weighted by Gasteiger charge is 2.38. The van der Waals surface area contributed by atoms with E-state index in [4.69, 9.17) is 4.74 Å². The van der Waals surface area contributed by atoms with Crippen molar-refractivity contribution in [2.45, 2.75) is 77.5 Å². The van der Waals surface area contributed by atoms with Crippen molar-refractivity contribution in [3.8, 4) is 6.07 Å². The lowest BCUT2D eigenvalue weighted by molar-refractivity contribution is -0.134. The standard InChI is InChI=1S/C30H36FN3O2/c1-19(2)28-17-33(11-12-34(28)29(35)13-21-7-5-6-8-26(21)31)27-14-22(20-9-10-20)25-18-36-30(3,4)15-23(25)24(27)16-32/h5-8,14,19-20,28H,9-13,15,17-18H2,1-4H3. The Morgan fingerprint density at radius 2 is 1.97 bits per heavy atom. The highest BCUT2D eigenvalue weighted by atomic mass is 19.1. The molecule has 2 fully saturated rings. The number of anilines is 1. The number of nitrogens with zero attached hydrogens (tertiary/aromatic N) is 3. The summed E-state index contributed by atoms with van der Waals surface area (Å²) >= 11 is 0. The van der Waals surface area contributed by atoms with E-state index < -0.39 is 0 Å². The van der Waals surface area contributed by atoms with Gasteiger partial charge in [-0.3, -0.25) is 4.79 Å². The van der Waals surface area contributed by atoms with Crippen molar-refractivity contribution >= 4 is 11.6 Å². The Labute approximate surface area is 213 Å². The molecule has 3 aliphatic rings. The van der Waals surface area contributed by atoms with Gasteiger partial charge in [-0.15, -0.1) is 0 Å². The second-order valence-electron chi connectivity index (χ2n) is 11.5. The molecule has 1 saturated carbocycles. The lowest BCUT2D eigenvalue weighted by Gasteiger charge is -2.45. The maximum atomic E-state index is 14.2. The Morgan fingerprint density at radius 3 is 2.64 bits per heavy atom. The first-order chi connectivity index (χ1) is 17.2. The van der Waals surface area contributed by atoms with Gasteiger partial charge in [0.2, 0.25) is 5.91 Å². The Balaban J connectivity index is 1.45. The number of amides is 1. The highest BCUT2D eigenvalue weighted by Crippen LogP contribution is 2.47. The number of benzene rings is 2. The van der Waals surface area contributed by atoms with Gasteiger partial charge in [0.05, 0.1) is 35.9 Å². The van der Waals surface area contributed by atoms with Crippen LogP contribution in [0, 0.1) is 23.1 Å². The Morgan fingerprint density at radius 1 is 1.22 bits per heavy atom. The summed E-state index contributed by atoms with van der Waals surface area (Å²) in [4.78, 5) is 17.5. The van der Waals surface area contributed by atoms with Gasteiger partial charge >= 0.3 is 0 Å². The van der Waals surface area contributed by atoms with E-state index >= 15 is 0 Å². The van der Waals surface area contributed by atoms with Crippen LogP contribution >= 0.6 is 0 Å². The van der Waals surface area contributed by atoms with Crippen molar-refractivity contribution in [1.29, 1.82) is 5.26 Å². The quantitative estimate of drug-likeness (QED) is 0.569. The van der Waals surface area contributed by atoms with Crippen molar-refractivity contribution in [3.63, 3.8) is 0 Å². The van der Waals surface area contributed by atoms with Crippen molar-refractivity contribution in [1.82, 2.24) is 4.90 Å². The number of ether oxygens (including phenoxy) is 1. The number of nitriles is 1. The third-order valence-corrected chi connectivity index (χ3v) is 8.05. The van der Waals surface area contributed by atoms with Crippen LogP contribution in [0.1, 0.15) is 74.3 Å². The van der Waals surface area contributed by atoms with Crippen LogP contribution in [0.25, 0.3) is 0 Å². The van der Waals surface area contributed by atoms with Crippen LogP contribution in [0.15, 0.2) is 30.3 Å². The average Bonchev–Trinajstić information content (AvgIpc) is 3.69. The summed E-state index contributed by atoms with van der Waals surface area (Å²) in [7, 11) is 0. The number of hydrogen-bond donors (Lipinski definition) is 0. The molecule has 0 spiro atoms. The topological polar surface area (TPSA) is 56.6 Å². The summed E-state index contributed by atoms with van der Waals surface area (Å²) in [5, 5.41) is 10.3. The van der Waals surface area contributed by atoms with E-state index in [1.54, 1.807) is 18.2 Å². The molecule has 0 radical (unpaired) electrons. The lowest BCUT2D eigenvalue weighted by atomic mass is 9.83. The molecule has 2 aromatic carbocycles. The number of piperazine rings is 1. The summed E-state index contributed by atoms with van der Waals surface area (Å²) in [6.45, 7) is 10.9. The third kappa shape index (κ3) is 4.74. The number of rotatable bonds is 5. The number of fused-ring (bicyclic) bond motifs is 1. The summed E-state index contributed by atoms with van der Waals surface area (Å²) in [5.41, 5.74) is 5.61. The average molecular weight is 490 g/mol. The van der Waals surface area contributed by atoms with Crippen LogP contribution in [0.5, 0.6) is 0 Å². The molecule has 190 valence electrons. The minimum atomic E-state index is -0.335. The van der Waals surface area contributed by atoms with Crippen LogP contribution in [0.4, 0.5) is 10.1 Å². The van der Waals surface area contributed by atoms with Crippen LogP contribution in [0.2, 0.25) is 0 Å². The molecule has 0 aromatic heterocycles. The molecule has 36 heavy (non-hydrogen) atoms. The summed E-state index contributed by atoms with van der Waals surface area (Å²) in [6, 6.07) is 11.3. The molecule has 1 amide bonds. The van der Waals surface area contributed by atoms with Crippen LogP contribution in [0.3, 0.4) is 0 Å². The fourth-order valence-electron chi connectivity index (χ4n) is 5.84. The predicted molar refractivity (Wildman–Crippen MR) is 138 cm³/mol. The van der Waals surface area contributed by atoms with Gasteiger partial charge in [-0.05, 0) is 72.9 Å². The van der Waals surface area contributed by atoms with Gasteiger partial charge in [0.25, 0.3) is 0 Å². The Kier molecular flexibility index (Phi) is 6.55. The highest BCUT2D eigenvalue weighted by molar-refractivity contribution is 5.80. The molecule has 0 N–H and O–H groups in total. The van der Waals surface area contributed by atoms with Crippen molar-refractivity contribution < 1.29 is 13.9 Å². The molecule has 1 saturated heterocycles. The molecule has 2 heterocycles. The third-order valence-electron chi connectivity index (χ3n) is 8.05. The van der Waals surface area contributed by atoms with E-state index in [-0.39, 0.29) is 35.7 Å². The van der Waals surface area contributed by atoms with E-state index in [0.29, 0.717) is 37.7 Å². The van der Waals surface area contributed by atoms with Gasteiger partial charge in [-0.25, -0.2) is 4.39 Å². The minimum absolute atomic E-state index is 0.00949. The van der Waals surface area contributed by atoms with Gasteiger partial charge in [0.1, 0.15) is 11.9 Å². The number of carbonyl (C=O) groups is 1. The molecular formula is C30H36FN3O2. The summed E-state index contributed by atoms with van der Waals surface area (Å²) in [6.07, 6.45) is 3.18. The fourth-order valence-corrected chi connectivity index (χ4v) is 5.84. The predicted octanol–water partition coefficient (Wildman–Crippen LogP) is 5.34. The second kappa shape index (κ2) is 9.52. The zero-order chi connectivity index (χ0) is 25.6. The normalized spacial score (nSPS) is 21.3. The molecule has 2 aliphatic heterocycles. The molecule has 2 aromatic rings. The fraction of sp³-hybridized carbons (Fsp3) is 0.533. The van der Waals surface area contributed by atoms with Gasteiger partial charge in [-0.2, -0.15) is 5.26 Å². The smallest absolute Gasteiger partial charge is 0.227 e. The molecular weight excluding hydrogens is 453 g/mol. The Bertz CT molecular complexity index is 1210. The summed E-state index contributed by atoms with van der Waals surface area (Å²) < 4.78 is 20.4. The molecule has 1 atom stereocenters. The molecule has 0 bridgehead atoms. The monoisotopic (exact) mass is 489 g/mol. The molecule has 5 rings (SSSR count). The lowest BCUT2D eigenvalue weighted by Crippen LogP contribution is -2.57. The maximum absolute atomic E-state index is 14.2. The van der Waals surface area contributed by atoms with Gasteiger partial charge < -0.3 is 14.5 Å². The zero-order valence-electron chi connectivity index (χ0n) is 21.8. The van der Waals surface area contributed by atoms with Crippen molar-refractivity contribution in [2.24, 2.45) is 5.92 Å². The maximum Gasteiger partial charge on any atom is 0.227 e. The van der Waals surface area contributed by atoms with Crippen LogP contribution in [-0.2, 0) is 29.0 Å². The van der Waals surface area contributed by atoms with E-state index in [0.717, 1.165) is 23.2 Å². The number of halogens is 1. The van der Waals surface area contributed by atoms with Crippen molar-refractivity contribution in [2.75, 3.05) is 24.5 Å². The van der Waals surface area contributed by atoms with Gasteiger partial charge in [0.15, 0.2) is 0 Å². The second-order valence-corrected chi connectivity index (χ2v) is 11.5. The van der Waals surface area contributed by atoms with E-state index in [1.807, 2.05) is 4.90 Å². The minimum Gasteiger partial charge on any atom is -0.371 e. The zero-order valence-corrected chi connectivity index (χ0v) is 21.8. The van der Waals surface area contributed by atoms with Crippen molar-refractivity contribution in [3.05, 3.63) is 64.0 Å². The van der Waals surface area contributed by atoms with E-state index in [2.05, 4.69) is 44.7 Å². The van der Waals surface area contributed by atoms with Crippen LogP contribution < -0.4 is 4.90 Å². The molecule has 5 nitrogen and oxygen atoms in total. The SMILES string of the molecule is CC(C)C1CN(c2cc(C3CC3)c3c(c2C#N)CC(C)(C)OC3)CCN1C(=O)Cc1ccccc1F. The first-order valence-corrected chi connectivity index (χ1v) is 13.2. The summed E-state index contributed by atoms with van der Waals surface area (Å²) in [5.74, 6) is 0.412. The van der Waals surface area contributed by atoms with Crippen LogP contribution in [-0.4, -0.2) is 42.1 Å². The number of carbonyl (C=O) groups excluding carboxylic acids is 1. The first-order valence-electron chi connectivity index (χ1n) is 13.2. The van der Waals surface area contributed by atoms with Gasteiger partial charge in [-0.1, -0.05) is 32.0 Å². The molecule has 1 aliphatic carbocycles. The van der Waals surface area contributed by atoms with E-state index in [9.17, 15) is 14.4 Å². The van der Waals surface area contributed by atoms with E-state index in [1.165, 1.54) is 30.0 Å². The van der Waals surface area contributed by atoms with Gasteiger partial charge in [0, 0.05) is 26.1 Å². The largest absolute Gasteiger partial charge is 0.371 e. The first kappa shape index (κ1) is 24.8.